The molecule has 1 unspecified atom stereocenters. The lowest BCUT2D eigenvalue weighted by Crippen LogP contribution is -2.27. The topological polar surface area (TPSA) is 55.4 Å². The molecule has 0 amide bonds. The van der Waals surface area contributed by atoms with Gasteiger partial charge in [0, 0.05) is 23.9 Å². The van der Waals surface area contributed by atoms with Gasteiger partial charge in [0.25, 0.3) is 0 Å². The van der Waals surface area contributed by atoms with Crippen molar-refractivity contribution in [3.63, 3.8) is 0 Å². The molecule has 0 aliphatic carbocycles. The summed E-state index contributed by atoms with van der Waals surface area (Å²) in [7, 11) is -1.89. The van der Waals surface area contributed by atoms with Gasteiger partial charge in [-0.15, -0.1) is 0 Å². The molecule has 0 aliphatic rings. The lowest BCUT2D eigenvalue weighted by Gasteiger charge is -2.11. The van der Waals surface area contributed by atoms with Gasteiger partial charge in [-0.2, -0.15) is 0 Å². The second-order valence-electron chi connectivity index (χ2n) is 4.72. The van der Waals surface area contributed by atoms with Crippen molar-refractivity contribution in [3.05, 3.63) is 42.5 Å². The van der Waals surface area contributed by atoms with E-state index in [0.717, 1.165) is 10.8 Å². The molecule has 0 saturated heterocycles. The SMILES string of the molecule is COCC(Br)CCNS(=O)(=O)c1cccc2ccccc12. The number of alkyl halides is 1. The summed E-state index contributed by atoms with van der Waals surface area (Å²) in [6.07, 6.45) is 0.665. The van der Waals surface area contributed by atoms with Crippen LogP contribution in [-0.2, 0) is 14.8 Å². The molecular formula is C15H18BrNO3S. The van der Waals surface area contributed by atoms with E-state index in [9.17, 15) is 8.42 Å². The van der Waals surface area contributed by atoms with Crippen LogP contribution in [0.1, 0.15) is 6.42 Å². The summed E-state index contributed by atoms with van der Waals surface area (Å²) in [6.45, 7) is 0.917. The number of rotatable bonds is 7. The molecule has 2 rings (SSSR count). The van der Waals surface area contributed by atoms with Crippen molar-refractivity contribution in [2.75, 3.05) is 20.3 Å². The summed E-state index contributed by atoms with van der Waals surface area (Å²) in [5.74, 6) is 0. The number of ether oxygens (including phenoxy) is 1. The summed E-state index contributed by atoms with van der Waals surface area (Å²) in [6, 6.07) is 12.8. The van der Waals surface area contributed by atoms with Crippen LogP contribution in [0.2, 0.25) is 0 Å². The Balaban J connectivity index is 2.15. The Labute approximate surface area is 133 Å². The maximum Gasteiger partial charge on any atom is 0.241 e. The van der Waals surface area contributed by atoms with E-state index in [1.54, 1.807) is 19.2 Å². The third kappa shape index (κ3) is 4.26. The van der Waals surface area contributed by atoms with E-state index in [4.69, 9.17) is 4.74 Å². The number of hydrogen-bond donors (Lipinski definition) is 1. The molecule has 0 spiro atoms. The molecule has 4 nitrogen and oxygen atoms in total. The van der Waals surface area contributed by atoms with Crippen LogP contribution in [0.15, 0.2) is 47.4 Å². The van der Waals surface area contributed by atoms with E-state index < -0.39 is 10.0 Å². The van der Waals surface area contributed by atoms with Gasteiger partial charge in [-0.25, -0.2) is 13.1 Å². The first kappa shape index (κ1) is 16.4. The zero-order valence-electron chi connectivity index (χ0n) is 11.8. The standard InChI is InChI=1S/C15H18BrNO3S/c1-20-11-13(16)9-10-17-21(18,19)15-8-4-6-12-5-2-3-7-14(12)15/h2-8,13,17H,9-11H2,1H3. The first-order valence-corrected chi connectivity index (χ1v) is 9.05. The van der Waals surface area contributed by atoms with Crippen molar-refractivity contribution in [1.82, 2.24) is 4.72 Å². The van der Waals surface area contributed by atoms with Gasteiger partial charge in [-0.3, -0.25) is 0 Å². The molecule has 0 radical (unpaired) electrons. The van der Waals surface area contributed by atoms with Crippen molar-refractivity contribution in [2.24, 2.45) is 0 Å². The highest BCUT2D eigenvalue weighted by molar-refractivity contribution is 9.09. The lowest BCUT2D eigenvalue weighted by molar-refractivity contribution is 0.199. The Morgan fingerprint density at radius 3 is 2.67 bits per heavy atom. The number of fused-ring (bicyclic) bond motifs is 1. The van der Waals surface area contributed by atoms with Crippen LogP contribution in [-0.4, -0.2) is 33.5 Å². The van der Waals surface area contributed by atoms with Crippen molar-refractivity contribution in [3.8, 4) is 0 Å². The van der Waals surface area contributed by atoms with Gasteiger partial charge < -0.3 is 4.74 Å². The predicted molar refractivity (Wildman–Crippen MR) is 88.3 cm³/mol. The second-order valence-corrected chi connectivity index (χ2v) is 7.75. The van der Waals surface area contributed by atoms with Gasteiger partial charge >= 0.3 is 0 Å². The molecule has 0 aliphatic heterocycles. The van der Waals surface area contributed by atoms with Crippen LogP contribution in [0.5, 0.6) is 0 Å². The third-order valence-electron chi connectivity index (χ3n) is 3.14. The Bertz CT molecular complexity index is 698. The average Bonchev–Trinajstić information content (AvgIpc) is 2.46. The van der Waals surface area contributed by atoms with Gasteiger partial charge in [0.2, 0.25) is 10.0 Å². The summed E-state index contributed by atoms with van der Waals surface area (Å²) < 4.78 is 32.5. The van der Waals surface area contributed by atoms with Crippen molar-refractivity contribution in [2.45, 2.75) is 16.1 Å². The molecule has 1 atom stereocenters. The molecule has 0 bridgehead atoms. The summed E-state index contributed by atoms with van der Waals surface area (Å²) >= 11 is 3.44. The molecule has 0 heterocycles. The molecule has 21 heavy (non-hydrogen) atoms. The Kier molecular flexibility index (Phi) is 5.75. The fourth-order valence-electron chi connectivity index (χ4n) is 2.12. The van der Waals surface area contributed by atoms with E-state index in [2.05, 4.69) is 20.7 Å². The normalized spacial score (nSPS) is 13.4. The van der Waals surface area contributed by atoms with Crippen LogP contribution in [0, 0.1) is 0 Å². The fraction of sp³-hybridized carbons (Fsp3) is 0.333. The largest absolute Gasteiger partial charge is 0.384 e. The van der Waals surface area contributed by atoms with Crippen LogP contribution in [0.25, 0.3) is 10.8 Å². The maximum absolute atomic E-state index is 12.4. The first-order valence-electron chi connectivity index (χ1n) is 6.65. The highest BCUT2D eigenvalue weighted by Gasteiger charge is 2.17. The predicted octanol–water partition coefficient (Wildman–Crippen LogP) is 2.92. The zero-order valence-corrected chi connectivity index (χ0v) is 14.2. The highest BCUT2D eigenvalue weighted by atomic mass is 79.9. The quantitative estimate of drug-likeness (QED) is 0.761. The number of sulfonamides is 1. The zero-order chi connectivity index (χ0) is 15.3. The molecule has 1 N–H and O–H groups in total. The Hall–Kier alpha value is -0.950. The van der Waals surface area contributed by atoms with Crippen LogP contribution >= 0.6 is 15.9 Å². The van der Waals surface area contributed by atoms with Crippen molar-refractivity contribution < 1.29 is 13.2 Å². The van der Waals surface area contributed by atoms with Gasteiger partial charge in [-0.1, -0.05) is 52.3 Å². The van der Waals surface area contributed by atoms with E-state index >= 15 is 0 Å². The summed E-state index contributed by atoms with van der Waals surface area (Å²) in [5, 5.41) is 1.65. The average molecular weight is 372 g/mol. The molecule has 0 saturated carbocycles. The smallest absolute Gasteiger partial charge is 0.241 e. The number of benzene rings is 2. The fourth-order valence-corrected chi connectivity index (χ4v) is 3.89. The van der Waals surface area contributed by atoms with E-state index in [1.807, 2.05) is 30.3 Å². The number of halogens is 1. The minimum atomic E-state index is -3.51. The maximum atomic E-state index is 12.4. The minimum absolute atomic E-state index is 0.137. The molecule has 0 fully saturated rings. The van der Waals surface area contributed by atoms with Crippen molar-refractivity contribution in [1.29, 1.82) is 0 Å². The van der Waals surface area contributed by atoms with Gasteiger partial charge in [0.05, 0.1) is 11.5 Å². The molecule has 6 heteroatoms. The van der Waals surface area contributed by atoms with Gasteiger partial charge in [0.15, 0.2) is 0 Å². The Morgan fingerprint density at radius 2 is 1.90 bits per heavy atom. The van der Waals surface area contributed by atoms with Gasteiger partial charge in [0.1, 0.15) is 0 Å². The molecule has 2 aromatic carbocycles. The molecule has 0 aromatic heterocycles. The van der Waals surface area contributed by atoms with Crippen LogP contribution in [0.4, 0.5) is 0 Å². The molecular weight excluding hydrogens is 354 g/mol. The van der Waals surface area contributed by atoms with Crippen molar-refractivity contribution >= 4 is 36.7 Å². The monoisotopic (exact) mass is 371 g/mol. The summed E-state index contributed by atoms with van der Waals surface area (Å²) in [5.41, 5.74) is 0. The Morgan fingerprint density at radius 1 is 1.19 bits per heavy atom. The number of hydrogen-bond acceptors (Lipinski definition) is 3. The number of nitrogens with one attached hydrogen (secondary N) is 1. The minimum Gasteiger partial charge on any atom is -0.384 e. The van der Waals surface area contributed by atoms with E-state index in [0.29, 0.717) is 24.5 Å². The van der Waals surface area contributed by atoms with Crippen LogP contribution < -0.4 is 4.72 Å². The first-order chi connectivity index (χ1) is 10.0. The molecule has 114 valence electrons. The van der Waals surface area contributed by atoms with Gasteiger partial charge in [-0.05, 0) is 17.9 Å². The molecule has 2 aromatic rings. The van der Waals surface area contributed by atoms with Crippen LogP contribution in [0.3, 0.4) is 0 Å². The van der Waals surface area contributed by atoms with E-state index in [-0.39, 0.29) is 4.83 Å². The third-order valence-corrected chi connectivity index (χ3v) is 5.38. The second kappa shape index (κ2) is 7.35. The number of methoxy groups -OCH3 is 1. The highest BCUT2D eigenvalue weighted by Crippen LogP contribution is 2.22. The summed E-state index contributed by atoms with van der Waals surface area (Å²) in [4.78, 5) is 0.455. The van der Waals surface area contributed by atoms with E-state index in [1.165, 1.54) is 0 Å². The lowest BCUT2D eigenvalue weighted by atomic mass is 10.1.